The molecule has 176 valence electrons. The van der Waals surface area contributed by atoms with E-state index in [1.165, 1.54) is 0 Å². The molecule has 0 saturated heterocycles. The Kier molecular flexibility index (Phi) is 5.60. The van der Waals surface area contributed by atoms with E-state index in [0.29, 0.717) is 37.2 Å². The van der Waals surface area contributed by atoms with Crippen molar-refractivity contribution in [1.29, 1.82) is 0 Å². The van der Waals surface area contributed by atoms with Gasteiger partial charge in [0.25, 0.3) is 0 Å². The molecule has 0 saturated carbocycles. The SMILES string of the molecule is CC(C)(C)CNCCn1c(Cc2cc3c(cc2-c2ccco2)N=NC3)nc2c(N)nc(F)nc21. The van der Waals surface area contributed by atoms with E-state index in [0.717, 1.165) is 40.5 Å². The number of fused-ring (bicyclic) bond motifs is 2. The van der Waals surface area contributed by atoms with Crippen LogP contribution < -0.4 is 11.1 Å². The summed E-state index contributed by atoms with van der Waals surface area (Å²) < 4.78 is 21.7. The first-order chi connectivity index (χ1) is 16.3. The highest BCUT2D eigenvalue weighted by molar-refractivity contribution is 5.82. The van der Waals surface area contributed by atoms with Gasteiger partial charge in [0.05, 0.1) is 18.5 Å². The fourth-order valence-electron chi connectivity index (χ4n) is 4.13. The Hall–Kier alpha value is -3.66. The van der Waals surface area contributed by atoms with Crippen LogP contribution in [0.25, 0.3) is 22.5 Å². The van der Waals surface area contributed by atoms with Crippen molar-refractivity contribution < 1.29 is 8.81 Å². The van der Waals surface area contributed by atoms with Gasteiger partial charge in [-0.25, -0.2) is 4.98 Å². The van der Waals surface area contributed by atoms with Crippen LogP contribution in [0.15, 0.2) is 45.2 Å². The summed E-state index contributed by atoms with van der Waals surface area (Å²) in [7, 11) is 0. The molecule has 4 aromatic rings. The molecular weight excluding hydrogens is 435 g/mol. The number of nitrogens with two attached hydrogens (primary N) is 1. The zero-order chi connectivity index (χ0) is 23.9. The van der Waals surface area contributed by atoms with E-state index < -0.39 is 6.08 Å². The fraction of sp³-hybridized carbons (Fsp3) is 0.375. The van der Waals surface area contributed by atoms with E-state index in [9.17, 15) is 4.39 Å². The predicted molar refractivity (Wildman–Crippen MR) is 127 cm³/mol. The van der Waals surface area contributed by atoms with Crippen LogP contribution in [-0.4, -0.2) is 32.6 Å². The van der Waals surface area contributed by atoms with Crippen LogP contribution in [0, 0.1) is 11.5 Å². The minimum atomic E-state index is -0.864. The predicted octanol–water partition coefficient (Wildman–Crippen LogP) is 4.63. The molecular formula is C24H27FN8O. The van der Waals surface area contributed by atoms with Gasteiger partial charge in [-0.15, -0.1) is 0 Å². The van der Waals surface area contributed by atoms with Gasteiger partial charge in [0.1, 0.15) is 11.6 Å². The van der Waals surface area contributed by atoms with Gasteiger partial charge in [0, 0.05) is 37.2 Å². The average molecular weight is 463 g/mol. The Labute approximate surface area is 196 Å². The molecule has 0 spiro atoms. The minimum absolute atomic E-state index is 0.0305. The van der Waals surface area contributed by atoms with Crippen LogP contribution in [-0.2, 0) is 19.5 Å². The third-order valence-electron chi connectivity index (χ3n) is 5.70. The lowest BCUT2D eigenvalue weighted by Crippen LogP contribution is -2.30. The first-order valence-corrected chi connectivity index (χ1v) is 11.2. The highest BCUT2D eigenvalue weighted by Crippen LogP contribution is 2.36. The molecule has 1 aliphatic heterocycles. The topological polar surface area (TPSA) is 120 Å². The fourth-order valence-corrected chi connectivity index (χ4v) is 4.13. The zero-order valence-electron chi connectivity index (χ0n) is 19.5. The molecule has 0 atom stereocenters. The molecule has 0 aliphatic carbocycles. The maximum Gasteiger partial charge on any atom is 0.312 e. The first kappa shape index (κ1) is 22.1. The molecule has 3 aromatic heterocycles. The number of aromatic nitrogens is 4. The first-order valence-electron chi connectivity index (χ1n) is 11.2. The quantitative estimate of drug-likeness (QED) is 0.305. The number of furan rings is 1. The highest BCUT2D eigenvalue weighted by Gasteiger charge is 2.21. The van der Waals surface area contributed by atoms with Crippen molar-refractivity contribution in [3.05, 3.63) is 53.6 Å². The molecule has 34 heavy (non-hydrogen) atoms. The molecule has 9 nitrogen and oxygen atoms in total. The maximum absolute atomic E-state index is 14.1. The zero-order valence-corrected chi connectivity index (χ0v) is 19.5. The van der Waals surface area contributed by atoms with E-state index in [1.54, 1.807) is 6.26 Å². The third-order valence-corrected chi connectivity index (χ3v) is 5.70. The molecule has 0 radical (unpaired) electrons. The molecule has 0 unspecified atom stereocenters. The Morgan fingerprint density at radius 2 is 2.06 bits per heavy atom. The Morgan fingerprint density at radius 3 is 2.82 bits per heavy atom. The Morgan fingerprint density at radius 1 is 1.21 bits per heavy atom. The molecule has 3 N–H and O–H groups in total. The van der Waals surface area contributed by atoms with Gasteiger partial charge in [0.15, 0.2) is 17.0 Å². The number of azo groups is 1. The summed E-state index contributed by atoms with van der Waals surface area (Å²) in [4.78, 5) is 12.4. The maximum atomic E-state index is 14.1. The van der Waals surface area contributed by atoms with Crippen molar-refractivity contribution in [2.45, 2.75) is 40.3 Å². The van der Waals surface area contributed by atoms with Gasteiger partial charge in [-0.05, 0) is 29.2 Å². The second-order valence-electron chi connectivity index (χ2n) is 9.66. The normalized spacial score (nSPS) is 13.2. The van der Waals surface area contributed by atoms with E-state index in [1.807, 2.05) is 22.8 Å². The van der Waals surface area contributed by atoms with Gasteiger partial charge in [0.2, 0.25) is 0 Å². The second kappa shape index (κ2) is 8.60. The van der Waals surface area contributed by atoms with Crippen molar-refractivity contribution >= 4 is 22.7 Å². The summed E-state index contributed by atoms with van der Waals surface area (Å²) in [6.45, 7) is 9.13. The highest BCUT2D eigenvalue weighted by atomic mass is 19.1. The number of anilines is 1. The van der Waals surface area contributed by atoms with Crippen LogP contribution in [0.1, 0.15) is 37.7 Å². The second-order valence-corrected chi connectivity index (χ2v) is 9.66. The molecule has 0 amide bonds. The van der Waals surface area contributed by atoms with Crippen LogP contribution in [0.5, 0.6) is 0 Å². The van der Waals surface area contributed by atoms with Gasteiger partial charge in [-0.1, -0.05) is 26.8 Å². The summed E-state index contributed by atoms with van der Waals surface area (Å²) in [5, 5.41) is 11.9. The smallest absolute Gasteiger partial charge is 0.312 e. The third kappa shape index (κ3) is 4.41. The number of imidazole rings is 1. The number of benzene rings is 1. The minimum Gasteiger partial charge on any atom is -0.464 e. The summed E-state index contributed by atoms with van der Waals surface area (Å²) >= 11 is 0. The van der Waals surface area contributed by atoms with Gasteiger partial charge in [-0.3, -0.25) is 0 Å². The lowest BCUT2D eigenvalue weighted by atomic mass is 9.97. The van der Waals surface area contributed by atoms with Crippen LogP contribution in [0.4, 0.5) is 15.9 Å². The molecule has 1 aromatic carbocycles. The van der Waals surface area contributed by atoms with E-state index >= 15 is 0 Å². The molecule has 10 heteroatoms. The van der Waals surface area contributed by atoms with E-state index in [2.05, 4.69) is 52.4 Å². The monoisotopic (exact) mass is 462 g/mol. The molecule has 0 fully saturated rings. The number of nitrogens with one attached hydrogen (secondary N) is 1. The van der Waals surface area contributed by atoms with Gasteiger partial charge in [-0.2, -0.15) is 24.6 Å². The number of hydrogen-bond acceptors (Lipinski definition) is 8. The van der Waals surface area contributed by atoms with Gasteiger partial charge >= 0.3 is 6.08 Å². The number of halogens is 1. The standard InChI is InChI=1S/C24H27FN8O/c1-24(2,3)13-27-6-7-33-19(29-20-21(26)30-23(25)31-22(20)33)10-14-9-15-12-28-32-17(15)11-16(14)18-5-4-8-34-18/h4-5,8-9,11,27H,6-7,10,12-13H2,1-3H3,(H2,26,30,31). The number of rotatable bonds is 7. The lowest BCUT2D eigenvalue weighted by molar-refractivity contribution is 0.375. The molecule has 5 rings (SSSR count). The molecule has 4 heterocycles. The van der Waals surface area contributed by atoms with Crippen molar-refractivity contribution in [1.82, 2.24) is 24.8 Å². The number of nitrogens with zero attached hydrogens (tertiary/aromatic N) is 6. The number of hydrogen-bond donors (Lipinski definition) is 2. The Balaban J connectivity index is 1.55. The van der Waals surface area contributed by atoms with Crippen molar-refractivity contribution in [3.63, 3.8) is 0 Å². The molecule has 0 bridgehead atoms. The number of nitrogen functional groups attached to an aromatic ring is 1. The molecule has 1 aliphatic rings. The van der Waals surface area contributed by atoms with Crippen molar-refractivity contribution in [2.24, 2.45) is 15.6 Å². The van der Waals surface area contributed by atoms with Gasteiger partial charge < -0.3 is 20.0 Å². The van der Waals surface area contributed by atoms with E-state index in [-0.39, 0.29) is 11.2 Å². The Bertz CT molecular complexity index is 1370. The summed E-state index contributed by atoms with van der Waals surface area (Å²) in [6, 6.07) is 7.84. The van der Waals surface area contributed by atoms with Crippen LogP contribution in [0.3, 0.4) is 0 Å². The lowest BCUT2D eigenvalue weighted by Gasteiger charge is -2.19. The van der Waals surface area contributed by atoms with Crippen molar-refractivity contribution in [3.8, 4) is 11.3 Å². The van der Waals surface area contributed by atoms with E-state index in [4.69, 9.17) is 15.1 Å². The van der Waals surface area contributed by atoms with Crippen molar-refractivity contribution in [2.75, 3.05) is 18.8 Å². The average Bonchev–Trinajstić information content (AvgIpc) is 3.50. The van der Waals surface area contributed by atoms with Crippen LogP contribution in [0.2, 0.25) is 0 Å². The largest absolute Gasteiger partial charge is 0.464 e. The summed E-state index contributed by atoms with van der Waals surface area (Å²) in [5.41, 5.74) is 10.8. The summed E-state index contributed by atoms with van der Waals surface area (Å²) in [6.07, 6.45) is 1.25. The van der Waals surface area contributed by atoms with Crippen LogP contribution >= 0.6 is 0 Å². The summed E-state index contributed by atoms with van der Waals surface area (Å²) in [5.74, 6) is 1.49.